The SMILES string of the molecule is CCCC(=O)NCc1nnc(C(=O)Nc2cccc(Cl)c2)s1. The van der Waals surface area contributed by atoms with Gasteiger partial charge in [0.05, 0.1) is 6.54 Å². The van der Waals surface area contributed by atoms with E-state index in [1.54, 1.807) is 24.3 Å². The molecular weight excluding hydrogens is 324 g/mol. The summed E-state index contributed by atoms with van der Waals surface area (Å²) >= 11 is 7.00. The lowest BCUT2D eigenvalue weighted by Gasteiger charge is -2.02. The molecule has 6 nitrogen and oxygen atoms in total. The molecule has 2 amide bonds. The Bertz CT molecular complexity index is 674. The van der Waals surface area contributed by atoms with Crippen LogP contribution in [0.25, 0.3) is 0 Å². The Labute approximate surface area is 136 Å². The van der Waals surface area contributed by atoms with E-state index in [2.05, 4.69) is 20.8 Å². The monoisotopic (exact) mass is 338 g/mol. The first-order chi connectivity index (χ1) is 10.6. The highest BCUT2D eigenvalue weighted by atomic mass is 35.5. The second-order valence-corrected chi connectivity index (χ2v) is 5.99. The Balaban J connectivity index is 1.93. The lowest BCUT2D eigenvalue weighted by Crippen LogP contribution is -2.21. The molecule has 1 aromatic heterocycles. The summed E-state index contributed by atoms with van der Waals surface area (Å²) < 4.78 is 0. The molecule has 1 aromatic carbocycles. The molecule has 0 spiro atoms. The molecule has 116 valence electrons. The molecule has 0 aliphatic heterocycles. The molecule has 2 N–H and O–H groups in total. The Morgan fingerprint density at radius 1 is 1.32 bits per heavy atom. The molecule has 0 saturated heterocycles. The largest absolute Gasteiger partial charge is 0.350 e. The maximum Gasteiger partial charge on any atom is 0.286 e. The molecule has 2 aromatic rings. The van der Waals surface area contributed by atoms with E-state index >= 15 is 0 Å². The number of carbonyl (C=O) groups excluding carboxylic acids is 2. The van der Waals surface area contributed by atoms with Crippen LogP contribution in [0.5, 0.6) is 0 Å². The number of hydrogen-bond donors (Lipinski definition) is 2. The number of rotatable bonds is 6. The zero-order chi connectivity index (χ0) is 15.9. The first-order valence-electron chi connectivity index (χ1n) is 6.74. The topological polar surface area (TPSA) is 84.0 Å². The third kappa shape index (κ3) is 4.78. The Morgan fingerprint density at radius 3 is 2.86 bits per heavy atom. The quantitative estimate of drug-likeness (QED) is 0.848. The second-order valence-electron chi connectivity index (χ2n) is 4.49. The second kappa shape index (κ2) is 7.86. The highest BCUT2D eigenvalue weighted by Gasteiger charge is 2.13. The standard InChI is InChI=1S/C14H15ClN4O2S/c1-2-4-11(20)16-8-12-18-19-14(22-12)13(21)17-10-6-3-5-9(15)7-10/h3,5-7H,2,4,8H2,1H3,(H,16,20)(H,17,21). The van der Waals surface area contributed by atoms with Gasteiger partial charge in [-0.2, -0.15) is 0 Å². The Hall–Kier alpha value is -1.99. The molecule has 22 heavy (non-hydrogen) atoms. The van der Waals surface area contributed by atoms with Crippen molar-refractivity contribution >= 4 is 40.4 Å². The van der Waals surface area contributed by atoms with Gasteiger partial charge in [0.2, 0.25) is 10.9 Å². The van der Waals surface area contributed by atoms with Gasteiger partial charge in [-0.05, 0) is 24.6 Å². The van der Waals surface area contributed by atoms with Crippen LogP contribution in [0.1, 0.15) is 34.6 Å². The normalized spacial score (nSPS) is 10.3. The van der Waals surface area contributed by atoms with Crippen molar-refractivity contribution in [1.82, 2.24) is 15.5 Å². The van der Waals surface area contributed by atoms with Gasteiger partial charge in [-0.3, -0.25) is 9.59 Å². The van der Waals surface area contributed by atoms with Gasteiger partial charge in [0.25, 0.3) is 5.91 Å². The fourth-order valence-electron chi connectivity index (χ4n) is 1.66. The Kier molecular flexibility index (Phi) is 5.85. The fraction of sp³-hybridized carbons (Fsp3) is 0.286. The molecule has 0 bridgehead atoms. The van der Waals surface area contributed by atoms with Crippen LogP contribution < -0.4 is 10.6 Å². The first kappa shape index (κ1) is 16.4. The summed E-state index contributed by atoms with van der Waals surface area (Å²) in [6.45, 7) is 2.21. The van der Waals surface area contributed by atoms with Crippen molar-refractivity contribution in [2.75, 3.05) is 5.32 Å². The molecule has 1 heterocycles. The summed E-state index contributed by atoms with van der Waals surface area (Å²) in [7, 11) is 0. The van der Waals surface area contributed by atoms with Crippen molar-refractivity contribution in [3.8, 4) is 0 Å². The van der Waals surface area contributed by atoms with Gasteiger partial charge in [-0.15, -0.1) is 10.2 Å². The number of carbonyl (C=O) groups is 2. The summed E-state index contributed by atoms with van der Waals surface area (Å²) in [5, 5.41) is 14.5. The average molecular weight is 339 g/mol. The van der Waals surface area contributed by atoms with Crippen molar-refractivity contribution in [1.29, 1.82) is 0 Å². The van der Waals surface area contributed by atoms with Crippen LogP contribution in [0.2, 0.25) is 5.02 Å². The van der Waals surface area contributed by atoms with E-state index in [-0.39, 0.29) is 23.4 Å². The van der Waals surface area contributed by atoms with Crippen molar-refractivity contribution in [2.45, 2.75) is 26.3 Å². The van der Waals surface area contributed by atoms with Crippen molar-refractivity contribution in [3.63, 3.8) is 0 Å². The molecule has 0 radical (unpaired) electrons. The molecule has 8 heteroatoms. The molecule has 0 unspecified atom stereocenters. The molecule has 0 aliphatic carbocycles. The van der Waals surface area contributed by atoms with Gasteiger partial charge in [0, 0.05) is 17.1 Å². The Morgan fingerprint density at radius 2 is 2.14 bits per heavy atom. The summed E-state index contributed by atoms with van der Waals surface area (Å²) in [5.74, 6) is -0.395. The van der Waals surface area contributed by atoms with Crippen molar-refractivity contribution in [2.24, 2.45) is 0 Å². The number of hydrogen-bond acceptors (Lipinski definition) is 5. The molecular formula is C14H15ClN4O2S. The predicted octanol–water partition coefficient (Wildman–Crippen LogP) is 2.86. The van der Waals surface area contributed by atoms with Gasteiger partial charge >= 0.3 is 0 Å². The minimum absolute atomic E-state index is 0.0392. The maximum atomic E-state index is 12.0. The number of halogens is 1. The van der Waals surface area contributed by atoms with Crippen LogP contribution in [-0.4, -0.2) is 22.0 Å². The molecule has 0 saturated carbocycles. The van der Waals surface area contributed by atoms with Crippen LogP contribution in [-0.2, 0) is 11.3 Å². The highest BCUT2D eigenvalue weighted by molar-refractivity contribution is 7.13. The third-order valence-electron chi connectivity index (χ3n) is 2.66. The van der Waals surface area contributed by atoms with Gasteiger partial charge in [0.1, 0.15) is 5.01 Å². The van der Waals surface area contributed by atoms with E-state index in [4.69, 9.17) is 11.6 Å². The summed E-state index contributed by atoms with van der Waals surface area (Å²) in [4.78, 5) is 23.4. The van der Waals surface area contributed by atoms with E-state index in [0.717, 1.165) is 17.8 Å². The van der Waals surface area contributed by atoms with Gasteiger partial charge < -0.3 is 10.6 Å². The summed E-state index contributed by atoms with van der Waals surface area (Å²) in [5.41, 5.74) is 0.588. The van der Waals surface area contributed by atoms with Crippen LogP contribution >= 0.6 is 22.9 Å². The van der Waals surface area contributed by atoms with Crippen LogP contribution in [0, 0.1) is 0 Å². The average Bonchev–Trinajstić information content (AvgIpc) is 2.94. The van der Waals surface area contributed by atoms with Crippen molar-refractivity contribution < 1.29 is 9.59 Å². The van der Waals surface area contributed by atoms with E-state index in [1.807, 2.05) is 6.92 Å². The van der Waals surface area contributed by atoms with E-state index in [0.29, 0.717) is 22.1 Å². The first-order valence-corrected chi connectivity index (χ1v) is 7.94. The van der Waals surface area contributed by atoms with Crippen LogP contribution in [0.15, 0.2) is 24.3 Å². The number of nitrogens with one attached hydrogen (secondary N) is 2. The van der Waals surface area contributed by atoms with Gasteiger partial charge in [-0.25, -0.2) is 0 Å². The molecule has 2 rings (SSSR count). The van der Waals surface area contributed by atoms with Crippen molar-refractivity contribution in [3.05, 3.63) is 39.3 Å². The lowest BCUT2D eigenvalue weighted by atomic mass is 10.3. The molecule has 0 aliphatic rings. The number of nitrogens with zero attached hydrogens (tertiary/aromatic N) is 2. The zero-order valence-corrected chi connectivity index (χ0v) is 13.5. The van der Waals surface area contributed by atoms with Gasteiger partial charge in [-0.1, -0.05) is 35.9 Å². The summed E-state index contributed by atoms with van der Waals surface area (Å²) in [6, 6.07) is 6.84. The van der Waals surface area contributed by atoms with Crippen LogP contribution in [0.4, 0.5) is 5.69 Å². The van der Waals surface area contributed by atoms with Gasteiger partial charge in [0.15, 0.2) is 0 Å². The third-order valence-corrected chi connectivity index (χ3v) is 3.81. The van der Waals surface area contributed by atoms with E-state index in [9.17, 15) is 9.59 Å². The minimum atomic E-state index is -0.356. The maximum absolute atomic E-state index is 12.0. The minimum Gasteiger partial charge on any atom is -0.350 e. The number of anilines is 1. The predicted molar refractivity (Wildman–Crippen MR) is 86.1 cm³/mol. The smallest absolute Gasteiger partial charge is 0.286 e. The number of amides is 2. The summed E-state index contributed by atoms with van der Waals surface area (Å²) in [6.07, 6.45) is 1.26. The van der Waals surface area contributed by atoms with E-state index in [1.165, 1.54) is 0 Å². The van der Waals surface area contributed by atoms with E-state index < -0.39 is 0 Å². The molecule has 0 atom stereocenters. The zero-order valence-electron chi connectivity index (χ0n) is 11.9. The molecule has 0 fully saturated rings. The fourth-order valence-corrected chi connectivity index (χ4v) is 2.52. The lowest BCUT2D eigenvalue weighted by molar-refractivity contribution is -0.121. The highest BCUT2D eigenvalue weighted by Crippen LogP contribution is 2.17. The number of benzene rings is 1. The number of aromatic nitrogens is 2. The van der Waals surface area contributed by atoms with Crippen LogP contribution in [0.3, 0.4) is 0 Å².